The lowest BCUT2D eigenvalue weighted by molar-refractivity contribution is 0.0691. The summed E-state index contributed by atoms with van der Waals surface area (Å²) in [5.74, 6) is -0.506. The van der Waals surface area contributed by atoms with Crippen LogP contribution in [0.4, 0.5) is 5.82 Å². The molecular formula is C11H13ClN2O2. The maximum atomic E-state index is 10.8. The fourth-order valence-corrected chi connectivity index (χ4v) is 2.14. The number of carboxylic acids is 1. The van der Waals surface area contributed by atoms with Gasteiger partial charge in [0, 0.05) is 6.04 Å². The first-order chi connectivity index (χ1) is 7.66. The van der Waals surface area contributed by atoms with Gasteiger partial charge in [-0.05, 0) is 25.0 Å². The highest BCUT2D eigenvalue weighted by molar-refractivity contribution is 6.33. The molecule has 16 heavy (non-hydrogen) atoms. The smallest absolute Gasteiger partial charge is 0.356 e. The number of halogens is 1. The SMILES string of the molecule is O=C(O)c1nc(NC2CCCC2)ccc1Cl. The van der Waals surface area contributed by atoms with Crippen molar-refractivity contribution in [3.8, 4) is 0 Å². The van der Waals surface area contributed by atoms with E-state index < -0.39 is 5.97 Å². The van der Waals surface area contributed by atoms with E-state index in [0.717, 1.165) is 12.8 Å². The summed E-state index contributed by atoms with van der Waals surface area (Å²) in [5, 5.41) is 12.3. The normalized spacial score (nSPS) is 16.3. The van der Waals surface area contributed by atoms with E-state index in [1.165, 1.54) is 12.8 Å². The molecule has 2 N–H and O–H groups in total. The Kier molecular flexibility index (Phi) is 3.29. The fraction of sp³-hybridized carbons (Fsp3) is 0.455. The summed E-state index contributed by atoms with van der Waals surface area (Å²) in [6.45, 7) is 0. The Morgan fingerprint density at radius 3 is 2.75 bits per heavy atom. The molecule has 1 aliphatic carbocycles. The maximum Gasteiger partial charge on any atom is 0.356 e. The number of pyridine rings is 1. The molecule has 0 aromatic carbocycles. The molecule has 0 atom stereocenters. The minimum absolute atomic E-state index is 0.0929. The number of nitrogens with zero attached hydrogens (tertiary/aromatic N) is 1. The van der Waals surface area contributed by atoms with Crippen LogP contribution in [0.2, 0.25) is 5.02 Å². The molecular weight excluding hydrogens is 228 g/mol. The Balaban J connectivity index is 2.15. The van der Waals surface area contributed by atoms with Crippen molar-refractivity contribution in [1.82, 2.24) is 4.98 Å². The number of rotatable bonds is 3. The van der Waals surface area contributed by atoms with Crippen molar-refractivity contribution >= 4 is 23.4 Å². The highest BCUT2D eigenvalue weighted by Crippen LogP contribution is 2.23. The predicted molar refractivity (Wildman–Crippen MR) is 62.1 cm³/mol. The molecule has 2 rings (SSSR count). The van der Waals surface area contributed by atoms with E-state index >= 15 is 0 Å². The van der Waals surface area contributed by atoms with E-state index in [4.69, 9.17) is 16.7 Å². The van der Waals surface area contributed by atoms with Gasteiger partial charge in [-0.3, -0.25) is 0 Å². The van der Waals surface area contributed by atoms with Crippen molar-refractivity contribution in [2.24, 2.45) is 0 Å². The second-order valence-corrected chi connectivity index (χ2v) is 4.36. The summed E-state index contributed by atoms with van der Waals surface area (Å²) >= 11 is 5.74. The lowest BCUT2D eigenvalue weighted by Gasteiger charge is -2.13. The molecule has 0 saturated heterocycles. The zero-order valence-corrected chi connectivity index (χ0v) is 9.50. The van der Waals surface area contributed by atoms with Gasteiger partial charge >= 0.3 is 5.97 Å². The molecule has 0 radical (unpaired) electrons. The molecule has 86 valence electrons. The van der Waals surface area contributed by atoms with Crippen LogP contribution in [0.25, 0.3) is 0 Å². The summed E-state index contributed by atoms with van der Waals surface area (Å²) in [5.41, 5.74) is -0.0929. The third-order valence-electron chi connectivity index (χ3n) is 2.76. The van der Waals surface area contributed by atoms with Gasteiger partial charge in [0.2, 0.25) is 0 Å². The summed E-state index contributed by atoms with van der Waals surface area (Å²) in [6.07, 6.45) is 4.67. The standard InChI is InChI=1S/C11H13ClN2O2/c12-8-5-6-9(14-10(8)11(15)16)13-7-3-1-2-4-7/h5-7H,1-4H2,(H,13,14)(H,15,16). The van der Waals surface area contributed by atoms with Crippen LogP contribution in [-0.4, -0.2) is 22.1 Å². The van der Waals surface area contributed by atoms with Crippen LogP contribution in [0.3, 0.4) is 0 Å². The topological polar surface area (TPSA) is 62.2 Å². The van der Waals surface area contributed by atoms with E-state index in [1.807, 2.05) is 0 Å². The van der Waals surface area contributed by atoms with Crippen molar-refractivity contribution in [2.75, 3.05) is 5.32 Å². The highest BCUT2D eigenvalue weighted by Gasteiger charge is 2.17. The molecule has 0 aliphatic heterocycles. The van der Waals surface area contributed by atoms with Crippen molar-refractivity contribution in [1.29, 1.82) is 0 Å². The maximum absolute atomic E-state index is 10.8. The number of aromatic nitrogens is 1. The second kappa shape index (κ2) is 4.70. The Morgan fingerprint density at radius 1 is 1.44 bits per heavy atom. The first kappa shape index (κ1) is 11.2. The van der Waals surface area contributed by atoms with Crippen LogP contribution in [-0.2, 0) is 0 Å². The van der Waals surface area contributed by atoms with E-state index in [2.05, 4.69) is 10.3 Å². The van der Waals surface area contributed by atoms with Crippen molar-refractivity contribution in [3.63, 3.8) is 0 Å². The van der Waals surface area contributed by atoms with Crippen LogP contribution in [0.5, 0.6) is 0 Å². The molecule has 1 aromatic heterocycles. The van der Waals surface area contributed by atoms with E-state index in [-0.39, 0.29) is 10.7 Å². The van der Waals surface area contributed by atoms with Gasteiger partial charge in [-0.15, -0.1) is 0 Å². The molecule has 1 heterocycles. The second-order valence-electron chi connectivity index (χ2n) is 3.96. The van der Waals surface area contributed by atoms with Crippen molar-refractivity contribution in [3.05, 3.63) is 22.8 Å². The zero-order chi connectivity index (χ0) is 11.5. The van der Waals surface area contributed by atoms with Crippen molar-refractivity contribution in [2.45, 2.75) is 31.7 Å². The first-order valence-electron chi connectivity index (χ1n) is 5.33. The van der Waals surface area contributed by atoms with Crippen LogP contribution in [0.15, 0.2) is 12.1 Å². The number of carbonyl (C=O) groups is 1. The summed E-state index contributed by atoms with van der Waals surface area (Å²) in [6, 6.07) is 3.69. The molecule has 0 amide bonds. The summed E-state index contributed by atoms with van der Waals surface area (Å²) in [7, 11) is 0. The number of hydrogen-bond acceptors (Lipinski definition) is 3. The number of hydrogen-bond donors (Lipinski definition) is 2. The van der Waals surface area contributed by atoms with Gasteiger partial charge in [0.1, 0.15) is 5.82 Å². The Labute approximate surface area is 98.6 Å². The lowest BCUT2D eigenvalue weighted by atomic mass is 10.2. The van der Waals surface area contributed by atoms with Crippen LogP contribution in [0, 0.1) is 0 Å². The predicted octanol–water partition coefficient (Wildman–Crippen LogP) is 2.79. The molecule has 0 bridgehead atoms. The molecule has 1 saturated carbocycles. The van der Waals surface area contributed by atoms with Crippen LogP contribution >= 0.6 is 11.6 Å². The van der Waals surface area contributed by atoms with Gasteiger partial charge in [0.05, 0.1) is 5.02 Å². The molecule has 5 heteroatoms. The van der Waals surface area contributed by atoms with Gasteiger partial charge < -0.3 is 10.4 Å². The van der Waals surface area contributed by atoms with Crippen molar-refractivity contribution < 1.29 is 9.90 Å². The molecule has 1 aliphatic rings. The highest BCUT2D eigenvalue weighted by atomic mass is 35.5. The lowest BCUT2D eigenvalue weighted by Crippen LogP contribution is -2.16. The minimum Gasteiger partial charge on any atom is -0.476 e. The Bertz CT molecular complexity index is 403. The Hall–Kier alpha value is -1.29. The minimum atomic E-state index is -1.10. The summed E-state index contributed by atoms with van der Waals surface area (Å²) < 4.78 is 0. The Morgan fingerprint density at radius 2 is 2.12 bits per heavy atom. The molecule has 0 unspecified atom stereocenters. The molecule has 1 aromatic rings. The van der Waals surface area contributed by atoms with Gasteiger partial charge in [-0.2, -0.15) is 0 Å². The number of nitrogens with one attached hydrogen (secondary N) is 1. The zero-order valence-electron chi connectivity index (χ0n) is 8.74. The number of anilines is 1. The molecule has 0 spiro atoms. The molecule has 4 nitrogen and oxygen atoms in total. The summed E-state index contributed by atoms with van der Waals surface area (Å²) in [4.78, 5) is 14.8. The molecule has 1 fully saturated rings. The first-order valence-corrected chi connectivity index (χ1v) is 5.71. The largest absolute Gasteiger partial charge is 0.476 e. The third kappa shape index (κ3) is 2.44. The van der Waals surface area contributed by atoms with Gasteiger partial charge in [0.25, 0.3) is 0 Å². The monoisotopic (exact) mass is 240 g/mol. The fourth-order valence-electron chi connectivity index (χ4n) is 1.95. The van der Waals surface area contributed by atoms with Crippen LogP contribution < -0.4 is 5.32 Å². The van der Waals surface area contributed by atoms with Gasteiger partial charge in [0.15, 0.2) is 5.69 Å². The van der Waals surface area contributed by atoms with E-state index in [1.54, 1.807) is 12.1 Å². The van der Waals surface area contributed by atoms with Gasteiger partial charge in [-0.1, -0.05) is 24.4 Å². The van der Waals surface area contributed by atoms with E-state index in [0.29, 0.717) is 11.9 Å². The average molecular weight is 241 g/mol. The quantitative estimate of drug-likeness (QED) is 0.853. The average Bonchev–Trinajstić information content (AvgIpc) is 2.73. The van der Waals surface area contributed by atoms with Gasteiger partial charge in [-0.25, -0.2) is 9.78 Å². The van der Waals surface area contributed by atoms with Crippen LogP contribution in [0.1, 0.15) is 36.2 Å². The number of carboxylic acid groups (broad SMARTS) is 1. The third-order valence-corrected chi connectivity index (χ3v) is 3.06. The number of aromatic carboxylic acids is 1. The van der Waals surface area contributed by atoms with E-state index in [9.17, 15) is 4.79 Å².